The maximum atomic E-state index is 11.8. The Morgan fingerprint density at radius 3 is 2.53 bits per heavy atom. The van der Waals surface area contributed by atoms with Gasteiger partial charge in [0.15, 0.2) is 0 Å². The molecule has 0 spiro atoms. The van der Waals surface area contributed by atoms with E-state index in [4.69, 9.17) is 0 Å². The molecule has 0 saturated heterocycles. The highest BCUT2D eigenvalue weighted by atomic mass is 16.1. The average Bonchev–Trinajstić information content (AvgIpc) is 2.47. The van der Waals surface area contributed by atoms with Gasteiger partial charge in [0.2, 0.25) is 5.91 Å². The molecule has 0 fully saturated rings. The Bertz CT molecular complexity index is 513. The Labute approximate surface area is 112 Å². The molecule has 0 aliphatic rings. The third-order valence-electron chi connectivity index (χ3n) is 2.81. The lowest BCUT2D eigenvalue weighted by Crippen LogP contribution is -2.32. The zero-order valence-corrected chi connectivity index (χ0v) is 10.8. The summed E-state index contributed by atoms with van der Waals surface area (Å²) in [6.45, 7) is 2.22. The quantitative estimate of drug-likeness (QED) is 0.862. The van der Waals surface area contributed by atoms with Gasteiger partial charge in [0.25, 0.3) is 0 Å². The minimum absolute atomic E-state index is 0.0203. The van der Waals surface area contributed by atoms with Crippen molar-refractivity contribution in [3.63, 3.8) is 0 Å². The lowest BCUT2D eigenvalue weighted by Gasteiger charge is -2.14. The maximum Gasteiger partial charge on any atom is 0.239 e. The highest BCUT2D eigenvalue weighted by Gasteiger charge is 2.08. The van der Waals surface area contributed by atoms with Gasteiger partial charge in [-0.1, -0.05) is 18.2 Å². The molecule has 4 heteroatoms. The van der Waals surface area contributed by atoms with Crippen LogP contribution in [0.5, 0.6) is 0 Å². The monoisotopic (exact) mass is 255 g/mol. The van der Waals surface area contributed by atoms with Gasteiger partial charge in [-0.2, -0.15) is 0 Å². The van der Waals surface area contributed by atoms with E-state index in [-0.39, 0.29) is 18.5 Å². The Morgan fingerprint density at radius 1 is 1.16 bits per heavy atom. The van der Waals surface area contributed by atoms with Gasteiger partial charge in [-0.15, -0.1) is 0 Å². The zero-order chi connectivity index (χ0) is 13.5. The molecule has 0 aliphatic heterocycles. The second-order valence-corrected chi connectivity index (χ2v) is 4.29. The third kappa shape index (κ3) is 4.10. The second-order valence-electron chi connectivity index (χ2n) is 4.29. The first-order valence-corrected chi connectivity index (χ1v) is 6.24. The molecule has 1 amide bonds. The van der Waals surface area contributed by atoms with Crippen LogP contribution in [0.3, 0.4) is 0 Å². The molecule has 4 nitrogen and oxygen atoms in total. The summed E-state index contributed by atoms with van der Waals surface area (Å²) in [5, 5.41) is 6.01. The highest BCUT2D eigenvalue weighted by Crippen LogP contribution is 2.10. The van der Waals surface area contributed by atoms with Crippen LogP contribution in [-0.2, 0) is 4.79 Å². The molecule has 1 unspecified atom stereocenters. The fraction of sp³-hybridized carbons (Fsp3) is 0.200. The van der Waals surface area contributed by atoms with Crippen molar-refractivity contribution >= 4 is 11.6 Å². The molecule has 19 heavy (non-hydrogen) atoms. The van der Waals surface area contributed by atoms with E-state index in [2.05, 4.69) is 15.6 Å². The number of benzene rings is 1. The first-order chi connectivity index (χ1) is 9.25. The van der Waals surface area contributed by atoms with Crippen molar-refractivity contribution in [1.29, 1.82) is 0 Å². The summed E-state index contributed by atoms with van der Waals surface area (Å²) in [6.07, 6.45) is 3.44. The fourth-order valence-electron chi connectivity index (χ4n) is 1.77. The van der Waals surface area contributed by atoms with Crippen molar-refractivity contribution in [2.75, 3.05) is 11.9 Å². The van der Waals surface area contributed by atoms with Gasteiger partial charge in [-0.25, -0.2) is 0 Å². The van der Waals surface area contributed by atoms with E-state index in [0.29, 0.717) is 0 Å². The van der Waals surface area contributed by atoms with Crippen LogP contribution in [0.4, 0.5) is 5.69 Å². The minimum atomic E-state index is -0.0341. The van der Waals surface area contributed by atoms with E-state index in [9.17, 15) is 4.79 Å². The van der Waals surface area contributed by atoms with Crippen LogP contribution in [0.1, 0.15) is 18.5 Å². The summed E-state index contributed by atoms with van der Waals surface area (Å²) < 4.78 is 0. The predicted molar refractivity (Wildman–Crippen MR) is 75.7 cm³/mol. The SMILES string of the molecule is CC(NC(=O)CNc1ccccc1)c1ccncc1. The van der Waals surface area contributed by atoms with E-state index in [0.717, 1.165) is 11.3 Å². The number of carbonyl (C=O) groups is 1. The number of pyridine rings is 1. The normalized spacial score (nSPS) is 11.6. The van der Waals surface area contributed by atoms with Gasteiger partial charge >= 0.3 is 0 Å². The molecule has 1 atom stereocenters. The topological polar surface area (TPSA) is 54.0 Å². The van der Waals surface area contributed by atoms with Crippen molar-refractivity contribution < 1.29 is 4.79 Å². The van der Waals surface area contributed by atoms with Crippen LogP contribution < -0.4 is 10.6 Å². The van der Waals surface area contributed by atoms with Gasteiger partial charge < -0.3 is 10.6 Å². The predicted octanol–water partition coefficient (Wildman–Crippen LogP) is 2.37. The standard InChI is InChI=1S/C15H17N3O/c1-12(13-7-9-16-10-8-13)18-15(19)11-17-14-5-3-2-4-6-14/h2-10,12,17H,11H2,1H3,(H,18,19). The molecule has 2 rings (SSSR count). The Morgan fingerprint density at radius 2 is 1.84 bits per heavy atom. The molecule has 98 valence electrons. The number of hydrogen-bond acceptors (Lipinski definition) is 3. The van der Waals surface area contributed by atoms with Crippen LogP contribution in [0.15, 0.2) is 54.9 Å². The molecule has 0 aliphatic carbocycles. The van der Waals surface area contributed by atoms with Crippen molar-refractivity contribution in [2.24, 2.45) is 0 Å². The molecule has 2 aromatic rings. The van der Waals surface area contributed by atoms with Gasteiger partial charge in [0.05, 0.1) is 12.6 Å². The van der Waals surface area contributed by atoms with Crippen molar-refractivity contribution in [2.45, 2.75) is 13.0 Å². The Balaban J connectivity index is 1.82. The van der Waals surface area contributed by atoms with Gasteiger partial charge in [-0.05, 0) is 36.8 Å². The Hall–Kier alpha value is -2.36. The smallest absolute Gasteiger partial charge is 0.239 e. The lowest BCUT2D eigenvalue weighted by atomic mass is 10.1. The van der Waals surface area contributed by atoms with Crippen LogP contribution in [0.25, 0.3) is 0 Å². The van der Waals surface area contributed by atoms with E-state index in [1.54, 1.807) is 12.4 Å². The van der Waals surface area contributed by atoms with Gasteiger partial charge in [0.1, 0.15) is 0 Å². The maximum absolute atomic E-state index is 11.8. The lowest BCUT2D eigenvalue weighted by molar-refractivity contribution is -0.120. The minimum Gasteiger partial charge on any atom is -0.376 e. The van der Waals surface area contributed by atoms with E-state index in [1.165, 1.54) is 0 Å². The molecule has 2 N–H and O–H groups in total. The number of nitrogens with zero attached hydrogens (tertiary/aromatic N) is 1. The van der Waals surface area contributed by atoms with E-state index < -0.39 is 0 Å². The molecular weight excluding hydrogens is 238 g/mol. The summed E-state index contributed by atoms with van der Waals surface area (Å²) >= 11 is 0. The number of rotatable bonds is 5. The summed E-state index contributed by atoms with van der Waals surface area (Å²) in [6, 6.07) is 13.4. The molecule has 0 saturated carbocycles. The van der Waals surface area contributed by atoms with Crippen molar-refractivity contribution in [3.05, 3.63) is 60.4 Å². The van der Waals surface area contributed by atoms with E-state index in [1.807, 2.05) is 49.4 Å². The number of aromatic nitrogens is 1. The Kier molecular flexibility index (Phi) is 4.50. The summed E-state index contributed by atoms with van der Waals surface area (Å²) in [5.41, 5.74) is 1.98. The van der Waals surface area contributed by atoms with Crippen molar-refractivity contribution in [3.8, 4) is 0 Å². The zero-order valence-electron chi connectivity index (χ0n) is 10.8. The van der Waals surface area contributed by atoms with E-state index >= 15 is 0 Å². The second kappa shape index (κ2) is 6.54. The van der Waals surface area contributed by atoms with Crippen LogP contribution >= 0.6 is 0 Å². The number of anilines is 1. The highest BCUT2D eigenvalue weighted by molar-refractivity contribution is 5.81. The molecular formula is C15H17N3O. The summed E-state index contributed by atoms with van der Waals surface area (Å²) in [7, 11) is 0. The van der Waals surface area contributed by atoms with Crippen LogP contribution in [-0.4, -0.2) is 17.4 Å². The summed E-state index contributed by atoms with van der Waals surface area (Å²) in [4.78, 5) is 15.8. The number of nitrogens with one attached hydrogen (secondary N) is 2. The molecule has 0 bridgehead atoms. The first kappa shape index (κ1) is 13.1. The summed E-state index contributed by atoms with van der Waals surface area (Å²) in [5.74, 6) is -0.0341. The van der Waals surface area contributed by atoms with Crippen molar-refractivity contribution in [1.82, 2.24) is 10.3 Å². The van der Waals surface area contributed by atoms with Gasteiger partial charge in [-0.3, -0.25) is 9.78 Å². The number of para-hydroxylation sites is 1. The van der Waals surface area contributed by atoms with Crippen LogP contribution in [0, 0.1) is 0 Å². The van der Waals surface area contributed by atoms with Gasteiger partial charge in [0, 0.05) is 18.1 Å². The largest absolute Gasteiger partial charge is 0.376 e. The fourth-order valence-corrected chi connectivity index (χ4v) is 1.77. The molecule has 1 aromatic heterocycles. The third-order valence-corrected chi connectivity index (χ3v) is 2.81. The molecule has 1 heterocycles. The number of amides is 1. The molecule has 0 radical (unpaired) electrons. The first-order valence-electron chi connectivity index (χ1n) is 6.24. The number of hydrogen-bond donors (Lipinski definition) is 2. The molecule has 1 aromatic carbocycles. The number of carbonyl (C=O) groups excluding carboxylic acids is 1. The van der Waals surface area contributed by atoms with Crippen LogP contribution in [0.2, 0.25) is 0 Å². The average molecular weight is 255 g/mol.